The molecule has 0 bridgehead atoms. The first-order chi connectivity index (χ1) is 7.13. The molecule has 1 aromatic heterocycles. The molecule has 0 aliphatic carbocycles. The molecule has 2 heterocycles. The van der Waals surface area contributed by atoms with Gasteiger partial charge in [-0.05, 0) is 0 Å². The Morgan fingerprint density at radius 3 is 2.67 bits per heavy atom. The number of aromatic nitrogens is 1. The molecule has 0 spiro atoms. The van der Waals surface area contributed by atoms with Crippen molar-refractivity contribution in [2.75, 3.05) is 18.8 Å². The van der Waals surface area contributed by atoms with Gasteiger partial charge < -0.3 is 5.73 Å². The van der Waals surface area contributed by atoms with Gasteiger partial charge in [0.25, 0.3) is 0 Å². The van der Waals surface area contributed by atoms with Crippen LogP contribution in [-0.4, -0.2) is 33.5 Å². The van der Waals surface area contributed by atoms with Crippen molar-refractivity contribution in [2.45, 2.75) is 30.9 Å². The molecule has 5 heteroatoms. The van der Waals surface area contributed by atoms with Crippen LogP contribution >= 0.6 is 23.1 Å². The zero-order chi connectivity index (χ0) is 10.8. The van der Waals surface area contributed by atoms with Gasteiger partial charge in [-0.1, -0.05) is 13.8 Å². The van der Waals surface area contributed by atoms with E-state index in [4.69, 9.17) is 5.73 Å². The highest BCUT2D eigenvalue weighted by atomic mass is 32.2. The van der Waals surface area contributed by atoms with Gasteiger partial charge >= 0.3 is 0 Å². The van der Waals surface area contributed by atoms with Gasteiger partial charge in [-0.25, -0.2) is 4.98 Å². The maximum absolute atomic E-state index is 5.62. The highest BCUT2D eigenvalue weighted by Gasteiger charge is 2.22. The van der Waals surface area contributed by atoms with E-state index in [-0.39, 0.29) is 0 Å². The average Bonchev–Trinajstić information content (AvgIpc) is 2.49. The Hall–Kier alpha value is -0.260. The summed E-state index contributed by atoms with van der Waals surface area (Å²) in [7, 11) is 0. The molecule has 0 radical (unpaired) electrons. The van der Waals surface area contributed by atoms with Crippen LogP contribution in [0.25, 0.3) is 0 Å². The molecule has 1 saturated heterocycles. The molecular formula is C10H17N3S2. The number of nitrogens with zero attached hydrogens (tertiary/aromatic N) is 2. The molecule has 2 rings (SSSR count). The number of nitrogen functional groups attached to an aromatic ring is 1. The number of thiazole rings is 1. The first kappa shape index (κ1) is 11.2. The van der Waals surface area contributed by atoms with Crippen LogP contribution in [0.1, 0.15) is 19.5 Å². The highest BCUT2D eigenvalue weighted by molar-refractivity contribution is 8.00. The quantitative estimate of drug-likeness (QED) is 0.863. The van der Waals surface area contributed by atoms with E-state index >= 15 is 0 Å². The van der Waals surface area contributed by atoms with Crippen molar-refractivity contribution >= 4 is 28.2 Å². The van der Waals surface area contributed by atoms with E-state index in [9.17, 15) is 0 Å². The van der Waals surface area contributed by atoms with Gasteiger partial charge in [-0.3, -0.25) is 4.90 Å². The first-order valence-corrected chi connectivity index (χ1v) is 7.03. The Labute approximate surface area is 99.1 Å². The SMILES string of the molecule is CC1CN(Cc2csc(N)n2)CC(C)S1. The maximum atomic E-state index is 5.62. The molecule has 1 aliphatic heterocycles. The Balaban J connectivity index is 1.94. The smallest absolute Gasteiger partial charge is 0.180 e. The van der Waals surface area contributed by atoms with Gasteiger partial charge in [0.1, 0.15) is 0 Å². The van der Waals surface area contributed by atoms with E-state index in [0.717, 1.165) is 35.8 Å². The van der Waals surface area contributed by atoms with E-state index < -0.39 is 0 Å². The maximum Gasteiger partial charge on any atom is 0.180 e. The van der Waals surface area contributed by atoms with Gasteiger partial charge in [-0.15, -0.1) is 11.3 Å². The molecule has 1 aliphatic rings. The lowest BCUT2D eigenvalue weighted by Gasteiger charge is -2.34. The van der Waals surface area contributed by atoms with E-state index in [1.54, 1.807) is 0 Å². The van der Waals surface area contributed by atoms with Crippen LogP contribution in [0.5, 0.6) is 0 Å². The lowest BCUT2D eigenvalue weighted by Crippen LogP contribution is -2.39. The summed E-state index contributed by atoms with van der Waals surface area (Å²) < 4.78 is 0. The summed E-state index contributed by atoms with van der Waals surface area (Å²) in [6.45, 7) is 7.85. The minimum atomic E-state index is 0.678. The Morgan fingerprint density at radius 1 is 1.47 bits per heavy atom. The third kappa shape index (κ3) is 3.09. The standard InChI is InChI=1S/C10H17N3S2/c1-7-3-13(4-8(2)15-7)5-9-6-14-10(11)12-9/h6-8H,3-5H2,1-2H3,(H2,11,12). The summed E-state index contributed by atoms with van der Waals surface area (Å²) in [5.74, 6) is 0. The van der Waals surface area contributed by atoms with Gasteiger partial charge in [0, 0.05) is 35.5 Å². The van der Waals surface area contributed by atoms with Crippen molar-refractivity contribution in [2.24, 2.45) is 0 Å². The molecule has 2 N–H and O–H groups in total. The molecule has 84 valence electrons. The largest absolute Gasteiger partial charge is 0.375 e. The lowest BCUT2D eigenvalue weighted by molar-refractivity contribution is 0.260. The fourth-order valence-corrected chi connectivity index (χ4v) is 3.98. The van der Waals surface area contributed by atoms with Crippen LogP contribution in [0.4, 0.5) is 5.13 Å². The summed E-state index contributed by atoms with van der Waals surface area (Å²) in [5, 5.41) is 4.19. The summed E-state index contributed by atoms with van der Waals surface area (Å²) >= 11 is 3.61. The normalized spacial score (nSPS) is 28.1. The number of nitrogens with two attached hydrogens (primary N) is 1. The number of rotatable bonds is 2. The first-order valence-electron chi connectivity index (χ1n) is 5.21. The van der Waals surface area contributed by atoms with Gasteiger partial charge in [0.2, 0.25) is 0 Å². The summed E-state index contributed by atoms with van der Waals surface area (Å²) in [5.41, 5.74) is 6.74. The van der Waals surface area contributed by atoms with Crippen molar-refractivity contribution in [3.05, 3.63) is 11.1 Å². The number of hydrogen-bond donors (Lipinski definition) is 1. The summed E-state index contributed by atoms with van der Waals surface area (Å²) in [6.07, 6.45) is 0. The van der Waals surface area contributed by atoms with Crippen LogP contribution in [0, 0.1) is 0 Å². The number of hydrogen-bond acceptors (Lipinski definition) is 5. The van der Waals surface area contributed by atoms with Crippen LogP contribution in [0.3, 0.4) is 0 Å². The summed E-state index contributed by atoms with van der Waals surface area (Å²) in [6, 6.07) is 0. The minimum absolute atomic E-state index is 0.678. The highest BCUT2D eigenvalue weighted by Crippen LogP contribution is 2.26. The molecule has 1 fully saturated rings. The Bertz CT molecular complexity index is 316. The third-order valence-electron chi connectivity index (χ3n) is 2.45. The predicted octanol–water partition coefficient (Wildman–Crippen LogP) is 2.05. The van der Waals surface area contributed by atoms with Crippen molar-refractivity contribution < 1.29 is 0 Å². The molecule has 0 saturated carbocycles. The molecule has 1 aromatic rings. The minimum Gasteiger partial charge on any atom is -0.375 e. The Kier molecular flexibility index (Phi) is 3.53. The second-order valence-corrected chi connectivity index (χ2v) is 6.90. The second-order valence-electron chi connectivity index (χ2n) is 4.13. The zero-order valence-electron chi connectivity index (χ0n) is 9.14. The molecule has 0 amide bonds. The third-order valence-corrected chi connectivity index (χ3v) is 4.40. The average molecular weight is 243 g/mol. The molecule has 0 aromatic carbocycles. The van der Waals surface area contributed by atoms with Crippen LogP contribution in [0.2, 0.25) is 0 Å². The fourth-order valence-electron chi connectivity index (χ4n) is 2.04. The Morgan fingerprint density at radius 2 is 2.13 bits per heavy atom. The summed E-state index contributed by atoms with van der Waals surface area (Å²) in [4.78, 5) is 6.78. The number of anilines is 1. The van der Waals surface area contributed by atoms with Gasteiger partial charge in [-0.2, -0.15) is 11.8 Å². The second kappa shape index (κ2) is 4.72. The van der Waals surface area contributed by atoms with Crippen molar-refractivity contribution in [1.82, 2.24) is 9.88 Å². The van der Waals surface area contributed by atoms with Crippen molar-refractivity contribution in [3.8, 4) is 0 Å². The van der Waals surface area contributed by atoms with E-state index in [1.165, 1.54) is 11.3 Å². The van der Waals surface area contributed by atoms with Gasteiger partial charge in [0.15, 0.2) is 5.13 Å². The predicted molar refractivity (Wildman–Crippen MR) is 68.3 cm³/mol. The van der Waals surface area contributed by atoms with Gasteiger partial charge in [0.05, 0.1) is 5.69 Å². The zero-order valence-corrected chi connectivity index (χ0v) is 10.8. The van der Waals surface area contributed by atoms with E-state index in [0.29, 0.717) is 5.13 Å². The van der Waals surface area contributed by atoms with Crippen molar-refractivity contribution in [1.29, 1.82) is 0 Å². The van der Waals surface area contributed by atoms with Crippen LogP contribution in [-0.2, 0) is 6.54 Å². The van der Waals surface area contributed by atoms with Crippen LogP contribution in [0.15, 0.2) is 5.38 Å². The van der Waals surface area contributed by atoms with E-state index in [2.05, 4.69) is 40.9 Å². The molecule has 2 unspecified atom stereocenters. The van der Waals surface area contributed by atoms with Crippen LogP contribution < -0.4 is 5.73 Å². The topological polar surface area (TPSA) is 42.1 Å². The van der Waals surface area contributed by atoms with E-state index in [1.807, 2.05) is 0 Å². The molecular weight excluding hydrogens is 226 g/mol. The lowest BCUT2D eigenvalue weighted by atomic mass is 10.3. The van der Waals surface area contributed by atoms with Crippen molar-refractivity contribution in [3.63, 3.8) is 0 Å². The fraction of sp³-hybridized carbons (Fsp3) is 0.700. The molecule has 15 heavy (non-hydrogen) atoms. The molecule has 3 nitrogen and oxygen atoms in total. The monoisotopic (exact) mass is 243 g/mol. The number of thioether (sulfide) groups is 1. The molecule has 2 atom stereocenters.